The van der Waals surface area contributed by atoms with Crippen molar-refractivity contribution >= 4 is 9.76 Å². The zero-order chi connectivity index (χ0) is 26.0. The first kappa shape index (κ1) is 27.5. The molecule has 6 nitrogen and oxygen atoms in total. The molecule has 2 aliphatic rings. The average molecular weight is 515 g/mol. The lowest BCUT2D eigenvalue weighted by Crippen LogP contribution is -2.63. The van der Waals surface area contributed by atoms with E-state index >= 15 is 0 Å². The molecule has 7 heteroatoms. The van der Waals surface area contributed by atoms with E-state index in [-0.39, 0.29) is 17.2 Å². The molecule has 0 amide bonds. The van der Waals surface area contributed by atoms with Gasteiger partial charge in [0, 0.05) is 6.42 Å². The summed E-state index contributed by atoms with van der Waals surface area (Å²) < 4.78 is 25.7. The quantitative estimate of drug-likeness (QED) is 0.518. The smallest absolute Gasteiger partial charge is 0.168 e. The lowest BCUT2D eigenvalue weighted by Gasteiger charge is -2.52. The van der Waals surface area contributed by atoms with Crippen LogP contribution in [0.4, 0.5) is 0 Å². The second-order valence-electron chi connectivity index (χ2n) is 11.9. The van der Waals surface area contributed by atoms with Gasteiger partial charge >= 0.3 is 0 Å². The fourth-order valence-corrected chi connectivity index (χ4v) is 6.47. The lowest BCUT2D eigenvalue weighted by atomic mass is 9.71. The van der Waals surface area contributed by atoms with E-state index in [0.717, 1.165) is 11.1 Å². The Bertz CT molecular complexity index is 937. The van der Waals surface area contributed by atoms with Crippen LogP contribution >= 0.6 is 0 Å². The second kappa shape index (κ2) is 10.7. The molecule has 0 radical (unpaired) electrons. The highest BCUT2D eigenvalue weighted by molar-refractivity contribution is 6.32. The summed E-state index contributed by atoms with van der Waals surface area (Å²) in [5, 5.41) is 22.4. The molecule has 4 atom stereocenters. The maximum atomic E-state index is 11.9. The molecule has 2 aromatic rings. The molecule has 4 rings (SSSR count). The lowest BCUT2D eigenvalue weighted by molar-refractivity contribution is -0.244. The summed E-state index contributed by atoms with van der Waals surface area (Å²) in [5.74, 6) is -0.607. The van der Waals surface area contributed by atoms with E-state index in [9.17, 15) is 10.2 Å². The molecule has 36 heavy (non-hydrogen) atoms. The van der Waals surface area contributed by atoms with Crippen molar-refractivity contribution in [1.29, 1.82) is 0 Å². The molecular formula is C29H42O6Si. The zero-order valence-corrected chi connectivity index (χ0v) is 23.7. The first-order valence-corrected chi connectivity index (χ1v) is 14.3. The van der Waals surface area contributed by atoms with Crippen LogP contribution in [0.15, 0.2) is 60.7 Å². The minimum atomic E-state index is -1.47. The van der Waals surface area contributed by atoms with Crippen LogP contribution in [0.3, 0.4) is 0 Å². The molecule has 198 valence electrons. The Morgan fingerprint density at radius 1 is 0.972 bits per heavy atom. The van der Waals surface area contributed by atoms with Crippen molar-refractivity contribution in [2.45, 2.75) is 94.2 Å². The number of hydrogen-bond donors (Lipinski definition) is 2. The van der Waals surface area contributed by atoms with E-state index in [2.05, 4.69) is 20.8 Å². The van der Waals surface area contributed by atoms with Gasteiger partial charge in [-0.1, -0.05) is 81.4 Å². The molecule has 2 heterocycles. The van der Waals surface area contributed by atoms with E-state index in [1.807, 2.05) is 74.5 Å². The summed E-state index contributed by atoms with van der Waals surface area (Å²) in [5.41, 5.74) is -0.732. The van der Waals surface area contributed by atoms with Crippen LogP contribution in [0, 0.1) is 0 Å². The third kappa shape index (κ3) is 5.94. The minimum absolute atomic E-state index is 0.000812. The van der Waals surface area contributed by atoms with Crippen molar-refractivity contribution < 1.29 is 28.8 Å². The Labute approximate surface area is 217 Å². The van der Waals surface area contributed by atoms with Gasteiger partial charge in [-0.15, -0.1) is 0 Å². The molecule has 2 saturated heterocycles. The Morgan fingerprint density at radius 2 is 1.56 bits per heavy atom. The summed E-state index contributed by atoms with van der Waals surface area (Å²) in [6.45, 7) is 10.5. The molecule has 0 aromatic heterocycles. The van der Waals surface area contributed by atoms with Gasteiger partial charge in [0.25, 0.3) is 0 Å². The van der Waals surface area contributed by atoms with Crippen molar-refractivity contribution in [2.24, 2.45) is 0 Å². The normalized spacial score (nSPS) is 29.1. The van der Waals surface area contributed by atoms with Crippen molar-refractivity contribution in [3.05, 3.63) is 71.8 Å². The number of rotatable bonds is 8. The zero-order valence-electron chi connectivity index (χ0n) is 22.3. The van der Waals surface area contributed by atoms with Gasteiger partial charge in [0.1, 0.15) is 17.3 Å². The Morgan fingerprint density at radius 3 is 2.03 bits per heavy atom. The Kier molecular flexibility index (Phi) is 8.12. The number of ether oxygens (including phenoxy) is 3. The summed E-state index contributed by atoms with van der Waals surface area (Å²) in [6, 6.07) is 20.0. The van der Waals surface area contributed by atoms with E-state index in [0.29, 0.717) is 25.9 Å². The first-order chi connectivity index (χ1) is 17.0. The van der Waals surface area contributed by atoms with Crippen LogP contribution < -0.4 is 0 Å². The van der Waals surface area contributed by atoms with Gasteiger partial charge in [-0.2, -0.15) is 0 Å². The molecule has 2 fully saturated rings. The van der Waals surface area contributed by atoms with E-state index in [1.54, 1.807) is 0 Å². The van der Waals surface area contributed by atoms with Crippen LogP contribution in [-0.4, -0.2) is 62.9 Å². The van der Waals surface area contributed by atoms with E-state index in [1.165, 1.54) is 0 Å². The summed E-state index contributed by atoms with van der Waals surface area (Å²) in [7, 11) is -1.11. The van der Waals surface area contributed by atoms with E-state index < -0.39 is 39.5 Å². The van der Waals surface area contributed by atoms with Crippen LogP contribution in [0.1, 0.15) is 65.0 Å². The van der Waals surface area contributed by atoms with Crippen LogP contribution in [0.2, 0.25) is 5.04 Å². The maximum absolute atomic E-state index is 11.9. The summed E-state index contributed by atoms with van der Waals surface area (Å²) in [4.78, 5) is 0. The summed E-state index contributed by atoms with van der Waals surface area (Å²) in [6.07, 6.45) is 0.595. The first-order valence-electron chi connectivity index (χ1n) is 13.0. The predicted molar refractivity (Wildman–Crippen MR) is 142 cm³/mol. The second-order valence-corrected chi connectivity index (χ2v) is 14.6. The van der Waals surface area contributed by atoms with Crippen LogP contribution in [0.25, 0.3) is 0 Å². The third-order valence-electron chi connectivity index (χ3n) is 7.09. The largest absolute Gasteiger partial charge is 0.408 e. The predicted octanol–water partition coefficient (Wildman–Crippen LogP) is 4.06. The highest BCUT2D eigenvalue weighted by Gasteiger charge is 2.57. The molecule has 0 aliphatic carbocycles. The topological polar surface area (TPSA) is 77.4 Å². The molecule has 2 aromatic carbocycles. The SMILES string of the molecule is CC1(C)OCC(C[C@@H]2CC[C@@](O)(CO)[C@H](C(O[SiH2]C(C)(C)C)(c3ccccc3)c3ccccc3)O2)O1. The van der Waals surface area contributed by atoms with E-state index in [4.69, 9.17) is 18.6 Å². The Balaban J connectivity index is 1.79. The van der Waals surface area contributed by atoms with Crippen molar-refractivity contribution in [2.75, 3.05) is 13.2 Å². The average Bonchev–Trinajstić information content (AvgIpc) is 3.20. The molecule has 2 aliphatic heterocycles. The Hall–Kier alpha value is -1.58. The molecular weight excluding hydrogens is 472 g/mol. The standard InChI is InChI=1S/C29H42O6Si/c1-26(2,3)36-35-29(21-12-8-6-9-13-21,22-14-10-7-11-15-22)25-28(31,20-30)17-16-23(33-25)18-24-19-32-27(4,5)34-24/h6-15,23-25,30-31H,16-20,36H2,1-5H3/t23-,24?,25+,28+/m0/s1. The minimum Gasteiger partial charge on any atom is -0.408 e. The van der Waals surface area contributed by atoms with Crippen molar-refractivity contribution in [3.8, 4) is 0 Å². The van der Waals surface area contributed by atoms with Crippen LogP contribution in [-0.2, 0) is 24.2 Å². The van der Waals surface area contributed by atoms with Gasteiger partial charge in [-0.25, -0.2) is 0 Å². The van der Waals surface area contributed by atoms with Gasteiger partial charge in [0.15, 0.2) is 15.6 Å². The number of benzene rings is 2. The van der Waals surface area contributed by atoms with Gasteiger partial charge in [0.05, 0.1) is 25.4 Å². The third-order valence-corrected chi connectivity index (χ3v) is 8.56. The molecule has 0 bridgehead atoms. The molecule has 2 N–H and O–H groups in total. The fraction of sp³-hybridized carbons (Fsp3) is 0.586. The fourth-order valence-electron chi connectivity index (χ4n) is 5.32. The van der Waals surface area contributed by atoms with Crippen molar-refractivity contribution in [3.63, 3.8) is 0 Å². The van der Waals surface area contributed by atoms with Crippen LogP contribution in [0.5, 0.6) is 0 Å². The molecule has 1 unspecified atom stereocenters. The molecule has 0 saturated carbocycles. The number of hydrogen-bond acceptors (Lipinski definition) is 6. The monoisotopic (exact) mass is 514 g/mol. The number of aliphatic hydroxyl groups excluding tert-OH is 1. The van der Waals surface area contributed by atoms with Gasteiger partial charge in [0.2, 0.25) is 0 Å². The highest BCUT2D eigenvalue weighted by atomic mass is 28.2. The van der Waals surface area contributed by atoms with Gasteiger partial charge in [-0.05, 0) is 42.9 Å². The van der Waals surface area contributed by atoms with Crippen molar-refractivity contribution in [1.82, 2.24) is 0 Å². The maximum Gasteiger partial charge on any atom is 0.168 e. The summed E-state index contributed by atoms with van der Waals surface area (Å²) >= 11 is 0. The highest BCUT2D eigenvalue weighted by Crippen LogP contribution is 2.48. The molecule has 0 spiro atoms. The van der Waals surface area contributed by atoms with Gasteiger partial charge in [-0.3, -0.25) is 0 Å². The van der Waals surface area contributed by atoms with Gasteiger partial charge < -0.3 is 28.8 Å². The number of aliphatic hydroxyl groups is 2.